The SMILES string of the molecule is NC1CCC(C(=O)Nc2cccc(N3CCCC3)c2)C1. The van der Waals surface area contributed by atoms with Gasteiger partial charge in [-0.2, -0.15) is 0 Å². The van der Waals surface area contributed by atoms with E-state index in [0.29, 0.717) is 0 Å². The van der Waals surface area contributed by atoms with Crippen LogP contribution in [-0.4, -0.2) is 25.0 Å². The van der Waals surface area contributed by atoms with Gasteiger partial charge >= 0.3 is 0 Å². The van der Waals surface area contributed by atoms with Crippen molar-refractivity contribution in [1.29, 1.82) is 0 Å². The molecule has 1 aromatic carbocycles. The first kappa shape index (κ1) is 13.4. The molecule has 1 amide bonds. The lowest BCUT2D eigenvalue weighted by Gasteiger charge is -2.19. The molecule has 2 atom stereocenters. The van der Waals surface area contributed by atoms with Crippen LogP contribution in [-0.2, 0) is 4.79 Å². The molecule has 0 aromatic heterocycles. The molecule has 1 heterocycles. The van der Waals surface area contributed by atoms with Gasteiger partial charge in [-0.1, -0.05) is 6.07 Å². The van der Waals surface area contributed by atoms with Crippen molar-refractivity contribution in [2.24, 2.45) is 11.7 Å². The van der Waals surface area contributed by atoms with Gasteiger partial charge in [0.25, 0.3) is 0 Å². The fourth-order valence-electron chi connectivity index (χ4n) is 3.25. The molecule has 3 rings (SSSR count). The molecule has 2 fully saturated rings. The number of nitrogens with one attached hydrogen (secondary N) is 1. The first-order chi connectivity index (χ1) is 9.72. The Hall–Kier alpha value is -1.55. The molecule has 3 N–H and O–H groups in total. The third-order valence-corrected chi connectivity index (χ3v) is 4.43. The van der Waals surface area contributed by atoms with Crippen molar-refractivity contribution in [3.05, 3.63) is 24.3 Å². The van der Waals surface area contributed by atoms with Crippen LogP contribution in [0.25, 0.3) is 0 Å². The summed E-state index contributed by atoms with van der Waals surface area (Å²) in [5.41, 5.74) is 7.99. The Balaban J connectivity index is 1.65. The first-order valence-corrected chi connectivity index (χ1v) is 7.64. The van der Waals surface area contributed by atoms with Crippen molar-refractivity contribution in [3.8, 4) is 0 Å². The molecule has 0 spiro atoms. The summed E-state index contributed by atoms with van der Waals surface area (Å²) < 4.78 is 0. The van der Waals surface area contributed by atoms with E-state index in [1.54, 1.807) is 0 Å². The lowest BCUT2D eigenvalue weighted by Crippen LogP contribution is -2.23. The molecule has 1 saturated heterocycles. The second kappa shape index (κ2) is 5.83. The molecule has 1 aromatic rings. The zero-order valence-corrected chi connectivity index (χ0v) is 11.8. The summed E-state index contributed by atoms with van der Waals surface area (Å²) in [4.78, 5) is 14.6. The lowest BCUT2D eigenvalue weighted by molar-refractivity contribution is -0.119. The second-order valence-electron chi connectivity index (χ2n) is 6.00. The van der Waals surface area contributed by atoms with Crippen molar-refractivity contribution in [1.82, 2.24) is 0 Å². The number of rotatable bonds is 3. The molecule has 0 bridgehead atoms. The maximum absolute atomic E-state index is 12.2. The predicted octanol–water partition coefficient (Wildman–Crippen LogP) is 2.35. The van der Waals surface area contributed by atoms with E-state index in [1.165, 1.54) is 18.5 Å². The normalized spacial score (nSPS) is 25.9. The van der Waals surface area contributed by atoms with E-state index >= 15 is 0 Å². The van der Waals surface area contributed by atoms with Crippen LogP contribution < -0.4 is 16.0 Å². The highest BCUT2D eigenvalue weighted by Crippen LogP contribution is 2.27. The van der Waals surface area contributed by atoms with Crippen LogP contribution in [0.5, 0.6) is 0 Å². The number of nitrogens with two attached hydrogens (primary N) is 1. The van der Waals surface area contributed by atoms with Gasteiger partial charge in [-0.3, -0.25) is 4.79 Å². The molecule has 108 valence electrons. The summed E-state index contributed by atoms with van der Waals surface area (Å²) >= 11 is 0. The smallest absolute Gasteiger partial charge is 0.227 e. The monoisotopic (exact) mass is 273 g/mol. The van der Waals surface area contributed by atoms with Crippen LogP contribution in [0, 0.1) is 5.92 Å². The summed E-state index contributed by atoms with van der Waals surface area (Å²) in [6.07, 6.45) is 5.22. The van der Waals surface area contributed by atoms with Crippen molar-refractivity contribution in [2.45, 2.75) is 38.1 Å². The topological polar surface area (TPSA) is 58.4 Å². The van der Waals surface area contributed by atoms with E-state index in [2.05, 4.69) is 22.3 Å². The van der Waals surface area contributed by atoms with E-state index in [-0.39, 0.29) is 17.9 Å². The highest BCUT2D eigenvalue weighted by Gasteiger charge is 2.27. The molecule has 4 nitrogen and oxygen atoms in total. The van der Waals surface area contributed by atoms with E-state index in [0.717, 1.165) is 38.0 Å². The van der Waals surface area contributed by atoms with Crippen molar-refractivity contribution >= 4 is 17.3 Å². The van der Waals surface area contributed by atoms with Gasteiger partial charge in [-0.05, 0) is 50.3 Å². The molecule has 1 aliphatic heterocycles. The Morgan fingerprint density at radius 2 is 2.05 bits per heavy atom. The number of hydrogen-bond acceptors (Lipinski definition) is 3. The summed E-state index contributed by atoms with van der Waals surface area (Å²) in [6, 6.07) is 8.38. The summed E-state index contributed by atoms with van der Waals surface area (Å²) in [5.74, 6) is 0.206. The van der Waals surface area contributed by atoms with E-state index in [1.807, 2.05) is 12.1 Å². The number of benzene rings is 1. The number of carbonyl (C=O) groups is 1. The fourth-order valence-corrected chi connectivity index (χ4v) is 3.25. The van der Waals surface area contributed by atoms with E-state index in [4.69, 9.17) is 5.73 Å². The van der Waals surface area contributed by atoms with Crippen LogP contribution in [0.15, 0.2) is 24.3 Å². The van der Waals surface area contributed by atoms with Gasteiger partial charge in [-0.25, -0.2) is 0 Å². The molecule has 1 saturated carbocycles. The predicted molar refractivity (Wildman–Crippen MR) is 81.8 cm³/mol. The second-order valence-corrected chi connectivity index (χ2v) is 6.00. The minimum Gasteiger partial charge on any atom is -0.371 e. The van der Waals surface area contributed by atoms with Gasteiger partial charge in [0.2, 0.25) is 5.91 Å². The van der Waals surface area contributed by atoms with Gasteiger partial charge in [-0.15, -0.1) is 0 Å². The maximum Gasteiger partial charge on any atom is 0.227 e. The Labute approximate surface area is 120 Å². The molecule has 2 unspecified atom stereocenters. The lowest BCUT2D eigenvalue weighted by atomic mass is 10.1. The average molecular weight is 273 g/mol. The van der Waals surface area contributed by atoms with E-state index in [9.17, 15) is 4.79 Å². The average Bonchev–Trinajstić information content (AvgIpc) is 3.10. The molecule has 2 aliphatic rings. The number of nitrogens with zero attached hydrogens (tertiary/aromatic N) is 1. The van der Waals surface area contributed by atoms with Gasteiger partial charge in [0.15, 0.2) is 0 Å². The summed E-state index contributed by atoms with van der Waals surface area (Å²) in [6.45, 7) is 2.24. The molecule has 0 radical (unpaired) electrons. The maximum atomic E-state index is 12.2. The molecule has 20 heavy (non-hydrogen) atoms. The fraction of sp³-hybridized carbons (Fsp3) is 0.562. The number of anilines is 2. The quantitative estimate of drug-likeness (QED) is 0.889. The third kappa shape index (κ3) is 2.96. The third-order valence-electron chi connectivity index (χ3n) is 4.43. The standard InChI is InChI=1S/C16H23N3O/c17-13-7-6-12(10-13)16(20)18-14-4-3-5-15(11-14)19-8-1-2-9-19/h3-5,11-13H,1-2,6-10,17H2,(H,18,20). The van der Waals surface area contributed by atoms with Crippen LogP contribution in [0.2, 0.25) is 0 Å². The molecule has 1 aliphatic carbocycles. The minimum atomic E-state index is 0.0837. The first-order valence-electron chi connectivity index (χ1n) is 7.64. The number of hydrogen-bond donors (Lipinski definition) is 2. The minimum absolute atomic E-state index is 0.0837. The van der Waals surface area contributed by atoms with Gasteiger partial charge in [0.05, 0.1) is 0 Å². The van der Waals surface area contributed by atoms with Crippen molar-refractivity contribution in [3.63, 3.8) is 0 Å². The Morgan fingerprint density at radius 1 is 1.25 bits per heavy atom. The van der Waals surface area contributed by atoms with Crippen molar-refractivity contribution in [2.75, 3.05) is 23.3 Å². The van der Waals surface area contributed by atoms with Crippen LogP contribution in [0.4, 0.5) is 11.4 Å². The highest BCUT2D eigenvalue weighted by atomic mass is 16.1. The largest absolute Gasteiger partial charge is 0.371 e. The van der Waals surface area contributed by atoms with Gasteiger partial charge < -0.3 is 16.0 Å². The van der Waals surface area contributed by atoms with Crippen molar-refractivity contribution < 1.29 is 4.79 Å². The number of amides is 1. The van der Waals surface area contributed by atoms with Crippen LogP contribution in [0.3, 0.4) is 0 Å². The van der Waals surface area contributed by atoms with Crippen LogP contribution in [0.1, 0.15) is 32.1 Å². The van der Waals surface area contributed by atoms with Gasteiger partial charge in [0.1, 0.15) is 0 Å². The van der Waals surface area contributed by atoms with E-state index < -0.39 is 0 Å². The summed E-state index contributed by atoms with van der Waals surface area (Å²) in [7, 11) is 0. The zero-order chi connectivity index (χ0) is 13.9. The molecular formula is C16H23N3O. The zero-order valence-electron chi connectivity index (χ0n) is 11.8. The van der Waals surface area contributed by atoms with Gasteiger partial charge in [0, 0.05) is 36.4 Å². The number of carbonyl (C=O) groups excluding carboxylic acids is 1. The van der Waals surface area contributed by atoms with Crippen LogP contribution >= 0.6 is 0 Å². The highest BCUT2D eigenvalue weighted by molar-refractivity contribution is 5.93. The Morgan fingerprint density at radius 3 is 2.75 bits per heavy atom. The Bertz CT molecular complexity index is 482. The molecular weight excluding hydrogens is 250 g/mol. The molecule has 4 heteroatoms. The Kier molecular flexibility index (Phi) is 3.92. The summed E-state index contributed by atoms with van der Waals surface area (Å²) in [5, 5.41) is 3.05.